The summed E-state index contributed by atoms with van der Waals surface area (Å²) in [5.74, 6) is -0.0489. The van der Waals surface area contributed by atoms with E-state index in [0.717, 1.165) is 42.3 Å². The topological polar surface area (TPSA) is 125 Å². The van der Waals surface area contributed by atoms with E-state index < -0.39 is 5.82 Å². The molecule has 0 aliphatic heterocycles. The van der Waals surface area contributed by atoms with E-state index in [0.29, 0.717) is 44.9 Å². The molecule has 0 bridgehead atoms. The minimum Gasteiger partial charge on any atom is -0.335 e. The van der Waals surface area contributed by atoms with Crippen molar-refractivity contribution in [1.29, 1.82) is 0 Å². The van der Waals surface area contributed by atoms with Crippen molar-refractivity contribution in [2.45, 2.75) is 32.1 Å². The SMILES string of the molecule is O=C(Nc1cncc(-c2ccc3[nH]nc(-c4nc5nccc(-c6ccncc6)c5[nH]4)c3c2F)c1)C1CCCCC1. The van der Waals surface area contributed by atoms with Gasteiger partial charge in [0.05, 0.1) is 28.3 Å². The monoisotopic (exact) mass is 532 g/mol. The number of H-pyrrole nitrogens is 2. The number of carbonyl (C=O) groups is 1. The van der Waals surface area contributed by atoms with Crippen LogP contribution in [0, 0.1) is 11.7 Å². The molecule has 198 valence electrons. The van der Waals surface area contributed by atoms with Crippen LogP contribution >= 0.6 is 0 Å². The first-order chi connectivity index (χ1) is 19.7. The molecule has 6 aromatic rings. The highest BCUT2D eigenvalue weighted by Gasteiger charge is 2.23. The third-order valence-corrected chi connectivity index (χ3v) is 7.57. The number of benzene rings is 1. The van der Waals surface area contributed by atoms with Gasteiger partial charge in [-0.3, -0.25) is 19.9 Å². The first-order valence-electron chi connectivity index (χ1n) is 13.3. The Morgan fingerprint density at radius 3 is 2.62 bits per heavy atom. The normalized spacial score (nSPS) is 14.1. The number of hydrogen-bond donors (Lipinski definition) is 3. The molecule has 1 aliphatic carbocycles. The number of pyridine rings is 3. The van der Waals surface area contributed by atoms with Crippen molar-refractivity contribution in [2.75, 3.05) is 5.32 Å². The minimum atomic E-state index is -0.457. The minimum absolute atomic E-state index is 0.00340. The molecule has 1 aliphatic rings. The van der Waals surface area contributed by atoms with E-state index in [-0.39, 0.29) is 11.8 Å². The first-order valence-corrected chi connectivity index (χ1v) is 13.3. The summed E-state index contributed by atoms with van der Waals surface area (Å²) >= 11 is 0. The van der Waals surface area contributed by atoms with Gasteiger partial charge in [0.2, 0.25) is 5.91 Å². The Balaban J connectivity index is 1.26. The largest absolute Gasteiger partial charge is 0.335 e. The number of carbonyl (C=O) groups excluding carboxylic acids is 1. The molecule has 5 heterocycles. The lowest BCUT2D eigenvalue weighted by Gasteiger charge is -2.20. The fourth-order valence-corrected chi connectivity index (χ4v) is 5.53. The number of imidazole rings is 1. The molecule has 1 saturated carbocycles. The summed E-state index contributed by atoms with van der Waals surface area (Å²) in [6.07, 6.45) is 13.4. The van der Waals surface area contributed by atoms with Gasteiger partial charge in [0.25, 0.3) is 0 Å². The molecule has 40 heavy (non-hydrogen) atoms. The summed E-state index contributed by atoms with van der Waals surface area (Å²) in [6.45, 7) is 0. The van der Waals surface area contributed by atoms with E-state index in [1.165, 1.54) is 6.42 Å². The molecule has 1 aromatic carbocycles. The molecule has 10 heteroatoms. The van der Waals surface area contributed by atoms with E-state index in [9.17, 15) is 4.79 Å². The number of aromatic amines is 2. The van der Waals surface area contributed by atoms with Gasteiger partial charge < -0.3 is 10.3 Å². The summed E-state index contributed by atoms with van der Waals surface area (Å²) < 4.78 is 16.2. The number of anilines is 1. The van der Waals surface area contributed by atoms with Crippen molar-refractivity contribution in [3.63, 3.8) is 0 Å². The van der Waals surface area contributed by atoms with Crippen LogP contribution in [0.4, 0.5) is 10.1 Å². The Hall–Kier alpha value is -4.99. The number of fused-ring (bicyclic) bond motifs is 2. The summed E-state index contributed by atoms with van der Waals surface area (Å²) in [5, 5.41) is 10.6. The molecule has 9 nitrogen and oxygen atoms in total. The zero-order valence-electron chi connectivity index (χ0n) is 21.5. The van der Waals surface area contributed by atoms with E-state index in [1.54, 1.807) is 49.2 Å². The predicted molar refractivity (Wildman–Crippen MR) is 151 cm³/mol. The highest BCUT2D eigenvalue weighted by molar-refractivity contribution is 5.98. The van der Waals surface area contributed by atoms with Crippen LogP contribution in [0.1, 0.15) is 32.1 Å². The van der Waals surface area contributed by atoms with Gasteiger partial charge in [-0.2, -0.15) is 5.10 Å². The van der Waals surface area contributed by atoms with Crippen molar-refractivity contribution in [2.24, 2.45) is 5.92 Å². The predicted octanol–water partition coefficient (Wildman–Crippen LogP) is 6.28. The first kappa shape index (κ1) is 24.1. The maximum absolute atomic E-state index is 16.2. The summed E-state index contributed by atoms with van der Waals surface area (Å²) in [4.78, 5) is 33.5. The molecule has 0 spiro atoms. The molecule has 5 aromatic heterocycles. The number of halogens is 1. The zero-order chi connectivity index (χ0) is 27.1. The van der Waals surface area contributed by atoms with Gasteiger partial charge in [0, 0.05) is 47.4 Å². The number of nitrogens with one attached hydrogen (secondary N) is 3. The second kappa shape index (κ2) is 9.96. The van der Waals surface area contributed by atoms with Crippen LogP contribution in [-0.2, 0) is 4.79 Å². The van der Waals surface area contributed by atoms with Crippen LogP contribution in [0.15, 0.2) is 67.4 Å². The maximum Gasteiger partial charge on any atom is 0.227 e. The Kier molecular flexibility index (Phi) is 5.99. The highest BCUT2D eigenvalue weighted by Crippen LogP contribution is 2.35. The van der Waals surface area contributed by atoms with E-state index in [4.69, 9.17) is 0 Å². The van der Waals surface area contributed by atoms with E-state index in [2.05, 4.69) is 40.4 Å². The summed E-state index contributed by atoms with van der Waals surface area (Å²) in [5.41, 5.74) is 5.43. The van der Waals surface area contributed by atoms with Crippen LogP contribution < -0.4 is 5.32 Å². The highest BCUT2D eigenvalue weighted by atomic mass is 19.1. The third kappa shape index (κ3) is 4.27. The second-order valence-electron chi connectivity index (χ2n) is 10.1. The zero-order valence-corrected chi connectivity index (χ0v) is 21.5. The van der Waals surface area contributed by atoms with Crippen molar-refractivity contribution < 1.29 is 9.18 Å². The lowest BCUT2D eigenvalue weighted by molar-refractivity contribution is -0.120. The molecule has 7 rings (SSSR count). The lowest BCUT2D eigenvalue weighted by atomic mass is 9.88. The van der Waals surface area contributed by atoms with E-state index in [1.807, 2.05) is 18.2 Å². The van der Waals surface area contributed by atoms with Crippen molar-refractivity contribution in [3.05, 3.63) is 73.2 Å². The molecule has 0 unspecified atom stereocenters. The molecule has 0 atom stereocenters. The summed E-state index contributed by atoms with van der Waals surface area (Å²) in [6, 6.07) is 10.9. The fourth-order valence-electron chi connectivity index (χ4n) is 5.53. The Bertz CT molecular complexity index is 1860. The van der Waals surface area contributed by atoms with Gasteiger partial charge in [-0.1, -0.05) is 19.3 Å². The fraction of sp³-hybridized carbons (Fsp3) is 0.200. The van der Waals surface area contributed by atoms with Crippen LogP contribution in [0.25, 0.3) is 55.8 Å². The Morgan fingerprint density at radius 2 is 1.77 bits per heavy atom. The van der Waals surface area contributed by atoms with Crippen molar-refractivity contribution in [3.8, 4) is 33.8 Å². The smallest absolute Gasteiger partial charge is 0.227 e. The molecule has 3 N–H and O–H groups in total. The molecule has 1 fully saturated rings. The van der Waals surface area contributed by atoms with Gasteiger partial charge >= 0.3 is 0 Å². The second-order valence-corrected chi connectivity index (χ2v) is 10.1. The third-order valence-electron chi connectivity index (χ3n) is 7.57. The molecule has 0 saturated heterocycles. The molecule has 1 amide bonds. The number of amides is 1. The lowest BCUT2D eigenvalue weighted by Crippen LogP contribution is -2.24. The Labute approximate surface area is 228 Å². The molecular formula is C30H25FN8O. The van der Waals surface area contributed by atoms with Crippen LogP contribution in [0.5, 0.6) is 0 Å². The quantitative estimate of drug-likeness (QED) is 0.240. The number of nitrogens with zero attached hydrogens (tertiary/aromatic N) is 5. The van der Waals surface area contributed by atoms with Gasteiger partial charge in [-0.15, -0.1) is 0 Å². The van der Waals surface area contributed by atoms with Gasteiger partial charge in [0.1, 0.15) is 11.5 Å². The number of hydrogen-bond acceptors (Lipinski definition) is 6. The maximum atomic E-state index is 16.2. The van der Waals surface area contributed by atoms with Crippen LogP contribution in [0.3, 0.4) is 0 Å². The van der Waals surface area contributed by atoms with Gasteiger partial charge in [-0.25, -0.2) is 14.4 Å². The Morgan fingerprint density at radius 1 is 0.925 bits per heavy atom. The van der Waals surface area contributed by atoms with E-state index >= 15 is 4.39 Å². The molecule has 0 radical (unpaired) electrons. The average molecular weight is 533 g/mol. The average Bonchev–Trinajstić information content (AvgIpc) is 3.63. The summed E-state index contributed by atoms with van der Waals surface area (Å²) in [7, 11) is 0. The van der Waals surface area contributed by atoms with Gasteiger partial charge in [-0.05, 0) is 54.8 Å². The van der Waals surface area contributed by atoms with Crippen molar-refractivity contribution >= 4 is 33.7 Å². The van der Waals surface area contributed by atoms with Crippen molar-refractivity contribution in [1.82, 2.24) is 35.1 Å². The van der Waals surface area contributed by atoms with Gasteiger partial charge in [0.15, 0.2) is 11.5 Å². The van der Waals surface area contributed by atoms with Crippen LogP contribution in [-0.4, -0.2) is 41.0 Å². The molecular weight excluding hydrogens is 507 g/mol. The number of aromatic nitrogens is 7. The van der Waals surface area contributed by atoms with Crippen LogP contribution in [0.2, 0.25) is 0 Å². The number of rotatable bonds is 5. The standard InChI is InChI=1S/C30H25FN8O/c31-25-21(19-14-20(16-33-15-19)35-30(40)18-4-2-1-3-5-18)6-7-23-24(25)27(39-38-23)29-36-26-22(10-13-34-28(26)37-29)17-8-11-32-12-9-17/h6-16,18H,1-5H2,(H,35,40)(H,38,39)(H,34,36,37).